The van der Waals surface area contributed by atoms with Crippen LogP contribution in [0.1, 0.15) is 36.2 Å². The highest BCUT2D eigenvalue weighted by Gasteiger charge is 2.41. The molecule has 0 fully saturated rings. The van der Waals surface area contributed by atoms with Crippen LogP contribution >= 0.6 is 23.2 Å². The van der Waals surface area contributed by atoms with Gasteiger partial charge in [0.05, 0.1) is 15.6 Å². The number of nitrogens with zero attached hydrogens (tertiary/aromatic N) is 2. The topological polar surface area (TPSA) is 104 Å². The molecule has 1 aliphatic heterocycles. The lowest BCUT2D eigenvalue weighted by atomic mass is 10.1. The standard InChI is InChI=1S/C22H23Cl2N3O5S/c1-3-25-21(29)14(2)26(13-15-8-9-17(23)18(24)12-15)20(28)10-11-27-22(30)16-6-4-5-7-19(16)33(27,31)32/h4-9,12,14H,3,10-11,13H2,1-2H3,(H,25,29)/t14-/m0/s1. The molecule has 11 heteroatoms. The van der Waals surface area contributed by atoms with Crippen molar-refractivity contribution < 1.29 is 22.8 Å². The molecular formula is C22H23Cl2N3O5S. The largest absolute Gasteiger partial charge is 0.355 e. The Morgan fingerprint density at radius 3 is 2.45 bits per heavy atom. The molecule has 2 aromatic carbocycles. The van der Waals surface area contributed by atoms with Crippen LogP contribution in [0.5, 0.6) is 0 Å². The highest BCUT2D eigenvalue weighted by molar-refractivity contribution is 7.90. The van der Waals surface area contributed by atoms with Crippen LogP contribution in [-0.2, 0) is 26.2 Å². The van der Waals surface area contributed by atoms with Gasteiger partial charge in [0.15, 0.2) is 0 Å². The van der Waals surface area contributed by atoms with E-state index in [1.54, 1.807) is 38.1 Å². The van der Waals surface area contributed by atoms with Crippen molar-refractivity contribution >= 4 is 50.9 Å². The summed E-state index contributed by atoms with van der Waals surface area (Å²) in [5.41, 5.74) is 0.722. The van der Waals surface area contributed by atoms with Crippen molar-refractivity contribution in [3.8, 4) is 0 Å². The molecule has 0 aromatic heterocycles. The Bertz CT molecular complexity index is 1200. The summed E-state index contributed by atoms with van der Waals surface area (Å²) in [4.78, 5) is 39.5. The maximum Gasteiger partial charge on any atom is 0.269 e. The van der Waals surface area contributed by atoms with Gasteiger partial charge < -0.3 is 10.2 Å². The summed E-state index contributed by atoms with van der Waals surface area (Å²) in [6.07, 6.45) is -0.288. The lowest BCUT2D eigenvalue weighted by Gasteiger charge is -2.29. The summed E-state index contributed by atoms with van der Waals surface area (Å²) >= 11 is 12.0. The minimum Gasteiger partial charge on any atom is -0.355 e. The lowest BCUT2D eigenvalue weighted by Crippen LogP contribution is -2.48. The van der Waals surface area contributed by atoms with Gasteiger partial charge in [0, 0.05) is 26.1 Å². The first kappa shape index (κ1) is 25.0. The minimum atomic E-state index is -4.03. The average Bonchev–Trinajstić information content (AvgIpc) is 2.98. The number of rotatable bonds is 8. The molecule has 33 heavy (non-hydrogen) atoms. The van der Waals surface area contributed by atoms with Gasteiger partial charge in [-0.05, 0) is 43.7 Å². The van der Waals surface area contributed by atoms with Crippen LogP contribution in [0.25, 0.3) is 0 Å². The van der Waals surface area contributed by atoms with Crippen LogP contribution in [0.3, 0.4) is 0 Å². The number of hydrogen-bond donors (Lipinski definition) is 1. The van der Waals surface area contributed by atoms with E-state index in [0.717, 1.165) is 0 Å². The smallest absolute Gasteiger partial charge is 0.269 e. The van der Waals surface area contributed by atoms with Crippen molar-refractivity contribution in [2.75, 3.05) is 13.1 Å². The second kappa shape index (κ2) is 10.1. The van der Waals surface area contributed by atoms with Crippen molar-refractivity contribution in [3.63, 3.8) is 0 Å². The van der Waals surface area contributed by atoms with E-state index in [4.69, 9.17) is 23.2 Å². The molecule has 3 rings (SSSR count). The van der Waals surface area contributed by atoms with Gasteiger partial charge >= 0.3 is 0 Å². The third kappa shape index (κ3) is 5.15. The van der Waals surface area contributed by atoms with Crippen molar-refractivity contribution in [1.82, 2.24) is 14.5 Å². The van der Waals surface area contributed by atoms with Gasteiger partial charge in [-0.1, -0.05) is 41.4 Å². The predicted octanol–water partition coefficient (Wildman–Crippen LogP) is 3.08. The molecule has 1 heterocycles. The number of likely N-dealkylation sites (N-methyl/N-ethyl adjacent to an activating group) is 1. The zero-order valence-electron chi connectivity index (χ0n) is 18.0. The quantitative estimate of drug-likeness (QED) is 0.586. The summed E-state index contributed by atoms with van der Waals surface area (Å²) in [5.74, 6) is -1.52. The second-order valence-electron chi connectivity index (χ2n) is 7.47. The van der Waals surface area contributed by atoms with E-state index in [-0.39, 0.29) is 35.9 Å². The first-order chi connectivity index (χ1) is 15.6. The first-order valence-corrected chi connectivity index (χ1v) is 12.4. The van der Waals surface area contributed by atoms with Gasteiger partial charge in [0.25, 0.3) is 15.9 Å². The summed E-state index contributed by atoms with van der Waals surface area (Å²) < 4.78 is 26.2. The number of benzene rings is 2. The molecule has 1 aliphatic rings. The highest BCUT2D eigenvalue weighted by atomic mass is 35.5. The first-order valence-electron chi connectivity index (χ1n) is 10.2. The molecule has 0 radical (unpaired) electrons. The van der Waals surface area contributed by atoms with Crippen LogP contribution in [-0.4, -0.2) is 54.5 Å². The Morgan fingerprint density at radius 2 is 1.82 bits per heavy atom. The molecule has 0 bridgehead atoms. The molecule has 176 valence electrons. The molecule has 0 aliphatic carbocycles. The zero-order valence-corrected chi connectivity index (χ0v) is 20.4. The molecular weight excluding hydrogens is 489 g/mol. The van der Waals surface area contributed by atoms with Gasteiger partial charge in [-0.2, -0.15) is 0 Å². The van der Waals surface area contributed by atoms with Crippen molar-refractivity contribution in [2.45, 2.75) is 37.8 Å². The number of hydrogen-bond acceptors (Lipinski definition) is 5. The molecule has 0 saturated heterocycles. The summed E-state index contributed by atoms with van der Waals surface area (Å²) in [6, 6.07) is 9.94. The van der Waals surface area contributed by atoms with E-state index in [1.807, 2.05) is 0 Å². The van der Waals surface area contributed by atoms with Crippen LogP contribution in [0, 0.1) is 0 Å². The van der Waals surface area contributed by atoms with Crippen molar-refractivity contribution in [2.24, 2.45) is 0 Å². The molecule has 0 spiro atoms. The maximum absolute atomic E-state index is 13.2. The van der Waals surface area contributed by atoms with Crippen molar-refractivity contribution in [3.05, 3.63) is 63.6 Å². The Hall–Kier alpha value is -2.62. The number of amides is 3. The monoisotopic (exact) mass is 511 g/mol. The minimum absolute atomic E-state index is 0.0505. The third-order valence-corrected chi connectivity index (χ3v) is 7.88. The van der Waals surface area contributed by atoms with E-state index >= 15 is 0 Å². The van der Waals surface area contributed by atoms with E-state index in [2.05, 4.69) is 5.32 Å². The van der Waals surface area contributed by atoms with E-state index in [1.165, 1.54) is 23.1 Å². The van der Waals surface area contributed by atoms with E-state index in [9.17, 15) is 22.8 Å². The third-order valence-electron chi connectivity index (χ3n) is 5.30. The van der Waals surface area contributed by atoms with E-state index < -0.39 is 27.9 Å². The Kier molecular flexibility index (Phi) is 7.66. The van der Waals surface area contributed by atoms with Gasteiger partial charge in [-0.3, -0.25) is 14.4 Å². The number of carbonyl (C=O) groups is 3. The predicted molar refractivity (Wildman–Crippen MR) is 124 cm³/mol. The molecule has 0 unspecified atom stereocenters. The van der Waals surface area contributed by atoms with Crippen LogP contribution < -0.4 is 5.32 Å². The Morgan fingerprint density at radius 1 is 1.12 bits per heavy atom. The molecule has 0 saturated carbocycles. The fourth-order valence-corrected chi connectivity index (χ4v) is 5.42. The highest BCUT2D eigenvalue weighted by Crippen LogP contribution is 2.30. The van der Waals surface area contributed by atoms with Crippen LogP contribution in [0.15, 0.2) is 47.4 Å². The van der Waals surface area contributed by atoms with Gasteiger partial charge in [0.2, 0.25) is 11.8 Å². The number of halogens is 2. The summed E-state index contributed by atoms with van der Waals surface area (Å²) in [5, 5.41) is 3.33. The molecule has 2 aromatic rings. The van der Waals surface area contributed by atoms with Crippen LogP contribution in [0.2, 0.25) is 10.0 Å². The fourth-order valence-electron chi connectivity index (χ4n) is 3.53. The number of fused-ring (bicyclic) bond motifs is 1. The maximum atomic E-state index is 13.2. The Labute approximate surface area is 202 Å². The molecule has 8 nitrogen and oxygen atoms in total. The molecule has 1 atom stereocenters. The van der Waals surface area contributed by atoms with Gasteiger partial charge in [0.1, 0.15) is 10.9 Å². The van der Waals surface area contributed by atoms with Crippen LogP contribution in [0.4, 0.5) is 0 Å². The number of sulfonamides is 1. The average molecular weight is 512 g/mol. The van der Waals surface area contributed by atoms with Gasteiger partial charge in [-0.15, -0.1) is 0 Å². The number of carbonyl (C=O) groups excluding carboxylic acids is 3. The second-order valence-corrected chi connectivity index (χ2v) is 10.1. The molecule has 3 amide bonds. The van der Waals surface area contributed by atoms with Crippen molar-refractivity contribution in [1.29, 1.82) is 0 Å². The fraction of sp³-hybridized carbons (Fsp3) is 0.318. The van der Waals surface area contributed by atoms with E-state index in [0.29, 0.717) is 26.5 Å². The zero-order chi connectivity index (χ0) is 24.3. The normalized spacial score (nSPS) is 15.2. The SMILES string of the molecule is CCNC(=O)[C@H](C)N(Cc1ccc(Cl)c(Cl)c1)C(=O)CCN1C(=O)c2ccccc2S1(=O)=O. The summed E-state index contributed by atoms with van der Waals surface area (Å²) in [7, 11) is -4.03. The van der Waals surface area contributed by atoms with Gasteiger partial charge in [-0.25, -0.2) is 12.7 Å². The lowest BCUT2D eigenvalue weighted by molar-refractivity contribution is -0.140. The summed E-state index contributed by atoms with van der Waals surface area (Å²) in [6.45, 7) is 3.44. The molecule has 1 N–H and O–H groups in total. The number of nitrogens with one attached hydrogen (secondary N) is 1. The Balaban J connectivity index is 1.80.